The minimum absolute atomic E-state index is 0.266. The molecule has 0 saturated carbocycles. The van der Waals surface area contributed by atoms with E-state index in [4.69, 9.17) is 0 Å². The van der Waals surface area contributed by atoms with E-state index in [1.807, 2.05) is 18.2 Å². The van der Waals surface area contributed by atoms with Crippen LogP contribution in [0.1, 0.15) is 34.5 Å². The molecule has 26 heavy (non-hydrogen) atoms. The first-order valence-corrected chi connectivity index (χ1v) is 8.45. The highest BCUT2D eigenvalue weighted by atomic mass is 19.4. The molecule has 136 valence electrons. The van der Waals surface area contributed by atoms with Crippen LogP contribution in [0.15, 0.2) is 54.6 Å². The van der Waals surface area contributed by atoms with Gasteiger partial charge in [-0.2, -0.15) is 13.2 Å². The summed E-state index contributed by atoms with van der Waals surface area (Å²) < 4.78 is 38.3. The van der Waals surface area contributed by atoms with Gasteiger partial charge >= 0.3 is 6.18 Å². The Labute approximate surface area is 149 Å². The Bertz CT molecular complexity index is 885. The molecule has 0 aliphatic carbocycles. The van der Waals surface area contributed by atoms with E-state index >= 15 is 0 Å². The van der Waals surface area contributed by atoms with Crippen LogP contribution in [-0.4, -0.2) is 17.4 Å². The number of unbranched alkanes of at least 4 members (excludes halogenated alkanes) is 1. The summed E-state index contributed by atoms with van der Waals surface area (Å²) in [6, 6.07) is 14.9. The summed E-state index contributed by atoms with van der Waals surface area (Å²) in [5, 5.41) is 3.17. The highest BCUT2D eigenvalue weighted by Crippen LogP contribution is 2.31. The number of carbonyl (C=O) groups excluding carboxylic acids is 1. The van der Waals surface area contributed by atoms with Crippen LogP contribution in [0, 0.1) is 0 Å². The van der Waals surface area contributed by atoms with E-state index in [1.54, 1.807) is 0 Å². The molecule has 0 bridgehead atoms. The Morgan fingerprint density at radius 1 is 1.00 bits per heavy atom. The van der Waals surface area contributed by atoms with Gasteiger partial charge in [0.15, 0.2) is 0 Å². The number of aromatic amines is 1. The number of carbonyl (C=O) groups is 1. The molecule has 0 saturated heterocycles. The molecule has 6 heteroatoms. The maximum Gasteiger partial charge on any atom is 0.416 e. The van der Waals surface area contributed by atoms with Gasteiger partial charge in [0.25, 0.3) is 5.91 Å². The zero-order valence-corrected chi connectivity index (χ0v) is 14.1. The van der Waals surface area contributed by atoms with Crippen LogP contribution in [0.3, 0.4) is 0 Å². The van der Waals surface area contributed by atoms with Gasteiger partial charge in [-0.25, -0.2) is 0 Å². The standard InChI is InChI=1S/C20H19F3N2O/c21-20(22,23)16-9-10-17-15(12-16)13-18(25-17)19(26)24-11-5-4-8-14-6-2-1-3-7-14/h1-3,6-7,9-10,12-13,25H,4-5,8,11H2,(H,24,26). The largest absolute Gasteiger partial charge is 0.416 e. The van der Waals surface area contributed by atoms with Crippen LogP contribution in [0.4, 0.5) is 13.2 Å². The number of aryl methyl sites for hydroxylation is 1. The van der Waals surface area contributed by atoms with Gasteiger partial charge in [0, 0.05) is 17.4 Å². The molecule has 0 aliphatic heterocycles. The molecule has 1 heterocycles. The highest BCUT2D eigenvalue weighted by Gasteiger charge is 2.30. The van der Waals surface area contributed by atoms with Gasteiger partial charge < -0.3 is 10.3 Å². The molecule has 0 spiro atoms. The van der Waals surface area contributed by atoms with Crippen molar-refractivity contribution >= 4 is 16.8 Å². The fourth-order valence-electron chi connectivity index (χ4n) is 2.83. The van der Waals surface area contributed by atoms with E-state index < -0.39 is 11.7 Å². The number of fused-ring (bicyclic) bond motifs is 1. The third-order valence-corrected chi connectivity index (χ3v) is 4.21. The van der Waals surface area contributed by atoms with Gasteiger partial charge in [0.1, 0.15) is 5.69 Å². The van der Waals surface area contributed by atoms with Crippen molar-refractivity contribution in [2.24, 2.45) is 0 Å². The van der Waals surface area contributed by atoms with Gasteiger partial charge in [0.2, 0.25) is 0 Å². The van der Waals surface area contributed by atoms with Crippen molar-refractivity contribution in [3.05, 3.63) is 71.4 Å². The van der Waals surface area contributed by atoms with Crippen molar-refractivity contribution in [2.45, 2.75) is 25.4 Å². The van der Waals surface area contributed by atoms with Crippen molar-refractivity contribution < 1.29 is 18.0 Å². The Hall–Kier alpha value is -2.76. The van der Waals surface area contributed by atoms with Crippen molar-refractivity contribution in [2.75, 3.05) is 6.54 Å². The molecular weight excluding hydrogens is 341 g/mol. The van der Waals surface area contributed by atoms with Gasteiger partial charge in [-0.1, -0.05) is 30.3 Å². The number of nitrogens with one attached hydrogen (secondary N) is 2. The second-order valence-electron chi connectivity index (χ2n) is 6.18. The number of aromatic nitrogens is 1. The van der Waals surface area contributed by atoms with Crippen LogP contribution >= 0.6 is 0 Å². The first-order chi connectivity index (χ1) is 12.4. The SMILES string of the molecule is O=C(NCCCCc1ccccc1)c1cc2cc(C(F)(F)F)ccc2[nH]1. The first kappa shape index (κ1) is 18.0. The van der Waals surface area contributed by atoms with E-state index in [-0.39, 0.29) is 11.6 Å². The van der Waals surface area contributed by atoms with E-state index in [1.165, 1.54) is 17.7 Å². The Morgan fingerprint density at radius 2 is 1.77 bits per heavy atom. The number of alkyl halides is 3. The predicted molar refractivity (Wildman–Crippen MR) is 95.0 cm³/mol. The summed E-state index contributed by atoms with van der Waals surface area (Å²) in [6.45, 7) is 0.523. The van der Waals surface area contributed by atoms with E-state index in [9.17, 15) is 18.0 Å². The number of benzene rings is 2. The molecule has 3 nitrogen and oxygen atoms in total. The second-order valence-corrected chi connectivity index (χ2v) is 6.18. The molecule has 1 aromatic heterocycles. The minimum atomic E-state index is -4.40. The van der Waals surface area contributed by atoms with Gasteiger partial charge in [0.05, 0.1) is 5.56 Å². The number of H-pyrrole nitrogens is 1. The molecule has 0 radical (unpaired) electrons. The Morgan fingerprint density at radius 3 is 2.50 bits per heavy atom. The van der Waals surface area contributed by atoms with Crippen LogP contribution in [0.2, 0.25) is 0 Å². The molecule has 1 amide bonds. The lowest BCUT2D eigenvalue weighted by atomic mass is 10.1. The van der Waals surface area contributed by atoms with Crippen LogP contribution in [0.5, 0.6) is 0 Å². The van der Waals surface area contributed by atoms with E-state index in [0.717, 1.165) is 31.4 Å². The normalized spacial score (nSPS) is 11.7. The average Bonchev–Trinajstić information content (AvgIpc) is 3.05. The van der Waals surface area contributed by atoms with Crippen LogP contribution < -0.4 is 5.32 Å². The Balaban J connectivity index is 1.53. The lowest BCUT2D eigenvalue weighted by Gasteiger charge is -2.05. The molecule has 0 unspecified atom stereocenters. The predicted octanol–water partition coefficient (Wildman–Crippen LogP) is 4.94. The molecule has 0 atom stereocenters. The van der Waals surface area contributed by atoms with Gasteiger partial charge in [-0.3, -0.25) is 4.79 Å². The van der Waals surface area contributed by atoms with Crippen LogP contribution in [-0.2, 0) is 12.6 Å². The van der Waals surface area contributed by atoms with Crippen LogP contribution in [0.25, 0.3) is 10.9 Å². The molecule has 3 rings (SSSR count). The summed E-state index contributed by atoms with van der Waals surface area (Å²) >= 11 is 0. The molecule has 0 aliphatic rings. The molecular formula is C20H19F3N2O. The lowest BCUT2D eigenvalue weighted by molar-refractivity contribution is -0.137. The highest BCUT2D eigenvalue weighted by molar-refractivity contribution is 5.98. The molecule has 2 N–H and O–H groups in total. The van der Waals surface area contributed by atoms with E-state index in [0.29, 0.717) is 17.4 Å². The van der Waals surface area contributed by atoms with E-state index in [2.05, 4.69) is 22.4 Å². The first-order valence-electron chi connectivity index (χ1n) is 8.45. The fourth-order valence-corrected chi connectivity index (χ4v) is 2.83. The second kappa shape index (κ2) is 7.64. The zero-order chi connectivity index (χ0) is 18.6. The number of hydrogen-bond acceptors (Lipinski definition) is 1. The molecule has 0 fully saturated rings. The third kappa shape index (κ3) is 4.45. The van der Waals surface area contributed by atoms with Gasteiger partial charge in [-0.15, -0.1) is 0 Å². The van der Waals surface area contributed by atoms with Gasteiger partial charge in [-0.05, 0) is 49.1 Å². The number of rotatable bonds is 6. The average molecular weight is 360 g/mol. The maximum atomic E-state index is 12.8. The lowest BCUT2D eigenvalue weighted by Crippen LogP contribution is -2.24. The Kier molecular flexibility index (Phi) is 5.30. The molecule has 3 aromatic rings. The number of hydrogen-bond donors (Lipinski definition) is 2. The maximum absolute atomic E-state index is 12.8. The summed E-state index contributed by atoms with van der Waals surface area (Å²) in [5.41, 5.74) is 1.31. The van der Waals surface area contributed by atoms with Crippen molar-refractivity contribution in [3.63, 3.8) is 0 Å². The number of amides is 1. The monoisotopic (exact) mass is 360 g/mol. The van der Waals surface area contributed by atoms with Crippen molar-refractivity contribution in [1.82, 2.24) is 10.3 Å². The van der Waals surface area contributed by atoms with Crippen molar-refractivity contribution in [1.29, 1.82) is 0 Å². The quantitative estimate of drug-likeness (QED) is 0.601. The molecule has 2 aromatic carbocycles. The summed E-state index contributed by atoms with van der Waals surface area (Å²) in [7, 11) is 0. The zero-order valence-electron chi connectivity index (χ0n) is 14.1. The smallest absolute Gasteiger partial charge is 0.351 e. The minimum Gasteiger partial charge on any atom is -0.351 e. The topological polar surface area (TPSA) is 44.9 Å². The third-order valence-electron chi connectivity index (χ3n) is 4.21. The summed E-state index contributed by atoms with van der Waals surface area (Å²) in [5.74, 6) is -0.311. The summed E-state index contributed by atoms with van der Waals surface area (Å²) in [6.07, 6.45) is -1.67. The van der Waals surface area contributed by atoms with Crippen molar-refractivity contribution in [3.8, 4) is 0 Å². The fraction of sp³-hybridized carbons (Fsp3) is 0.250. The number of halogens is 3. The summed E-state index contributed by atoms with van der Waals surface area (Å²) in [4.78, 5) is 15.0.